The van der Waals surface area contributed by atoms with Gasteiger partial charge in [-0.05, 0) is 38.9 Å². The number of carbonyl (C=O) groups is 1. The van der Waals surface area contributed by atoms with E-state index in [0.717, 1.165) is 22.2 Å². The molecule has 2 rings (SSSR count). The molecule has 0 aliphatic heterocycles. The van der Waals surface area contributed by atoms with Crippen LogP contribution in [0.4, 0.5) is 0 Å². The van der Waals surface area contributed by atoms with Crippen LogP contribution in [0.5, 0.6) is 0 Å². The molecule has 2 nitrogen and oxygen atoms in total. The fraction of sp³-hybridized carbons (Fsp3) is 0.353. The summed E-state index contributed by atoms with van der Waals surface area (Å²) in [6, 6.07) is 12.2. The van der Waals surface area contributed by atoms with E-state index in [4.69, 9.17) is 0 Å². The summed E-state index contributed by atoms with van der Waals surface area (Å²) in [6.07, 6.45) is 2.09. The van der Waals surface area contributed by atoms with Crippen molar-refractivity contribution in [3.05, 3.63) is 56.7 Å². The van der Waals surface area contributed by atoms with Gasteiger partial charge < -0.3 is 5.32 Å². The highest BCUT2D eigenvalue weighted by Crippen LogP contribution is 2.29. The average molecular weight is 366 g/mol. The standard InChI is InChI=1S/C17H20BrNOS/c1-3-12(4-2)15(13-8-6-5-7-9-13)19-17(20)16-14(18)10-11-21-16/h5-12,15H,3-4H2,1-2H3,(H,19,20). The zero-order chi connectivity index (χ0) is 15.2. The molecule has 0 spiro atoms. The highest BCUT2D eigenvalue weighted by atomic mass is 79.9. The maximum atomic E-state index is 12.5. The van der Waals surface area contributed by atoms with E-state index < -0.39 is 0 Å². The van der Waals surface area contributed by atoms with Crippen molar-refractivity contribution in [2.45, 2.75) is 32.7 Å². The van der Waals surface area contributed by atoms with Crippen LogP contribution in [-0.2, 0) is 0 Å². The van der Waals surface area contributed by atoms with Gasteiger partial charge in [0.1, 0.15) is 4.88 Å². The Labute approximate surface area is 138 Å². The lowest BCUT2D eigenvalue weighted by Crippen LogP contribution is -2.33. The predicted octanol–water partition coefficient (Wildman–Crippen LogP) is 5.42. The van der Waals surface area contributed by atoms with Gasteiger partial charge in [-0.2, -0.15) is 0 Å². The summed E-state index contributed by atoms with van der Waals surface area (Å²) in [7, 11) is 0. The Balaban J connectivity index is 2.24. The molecule has 0 aliphatic carbocycles. The molecule has 21 heavy (non-hydrogen) atoms. The summed E-state index contributed by atoms with van der Waals surface area (Å²) >= 11 is 4.90. The fourth-order valence-corrected chi connectivity index (χ4v) is 4.01. The number of carbonyl (C=O) groups excluding carboxylic acids is 1. The average Bonchev–Trinajstić information content (AvgIpc) is 2.94. The summed E-state index contributed by atoms with van der Waals surface area (Å²) in [5.41, 5.74) is 1.17. The van der Waals surface area contributed by atoms with E-state index in [1.807, 2.05) is 29.6 Å². The van der Waals surface area contributed by atoms with E-state index >= 15 is 0 Å². The number of halogens is 1. The molecule has 0 bridgehead atoms. The number of hydrogen-bond acceptors (Lipinski definition) is 2. The first-order valence-corrected chi connectivity index (χ1v) is 8.93. The lowest BCUT2D eigenvalue weighted by Gasteiger charge is -2.27. The molecule has 1 heterocycles. The van der Waals surface area contributed by atoms with Gasteiger partial charge in [0.05, 0.1) is 6.04 Å². The molecule has 0 saturated carbocycles. The fourth-order valence-electron chi connectivity index (χ4n) is 2.56. The van der Waals surface area contributed by atoms with Gasteiger partial charge in [-0.3, -0.25) is 4.79 Å². The van der Waals surface area contributed by atoms with Crippen molar-refractivity contribution in [3.63, 3.8) is 0 Å². The minimum absolute atomic E-state index is 0.00220. The van der Waals surface area contributed by atoms with Crippen LogP contribution in [-0.4, -0.2) is 5.91 Å². The van der Waals surface area contributed by atoms with Crippen molar-refractivity contribution in [2.75, 3.05) is 0 Å². The molecular weight excluding hydrogens is 346 g/mol. The summed E-state index contributed by atoms with van der Waals surface area (Å²) in [6.45, 7) is 4.36. The van der Waals surface area contributed by atoms with Gasteiger partial charge in [0.15, 0.2) is 0 Å². The lowest BCUT2D eigenvalue weighted by atomic mass is 9.89. The van der Waals surface area contributed by atoms with Gasteiger partial charge in [-0.25, -0.2) is 0 Å². The Hall–Kier alpha value is -1.13. The van der Waals surface area contributed by atoms with E-state index in [9.17, 15) is 4.79 Å². The molecule has 1 N–H and O–H groups in total. The molecule has 1 amide bonds. The lowest BCUT2D eigenvalue weighted by molar-refractivity contribution is 0.0923. The van der Waals surface area contributed by atoms with Crippen LogP contribution in [0.3, 0.4) is 0 Å². The van der Waals surface area contributed by atoms with Crippen LogP contribution in [0, 0.1) is 5.92 Å². The minimum Gasteiger partial charge on any atom is -0.344 e. The second-order valence-corrected chi connectivity index (χ2v) is 6.81. The summed E-state index contributed by atoms with van der Waals surface area (Å²) in [5.74, 6) is 0.438. The van der Waals surface area contributed by atoms with Gasteiger partial charge in [0, 0.05) is 4.47 Å². The summed E-state index contributed by atoms with van der Waals surface area (Å²) < 4.78 is 0.862. The quantitative estimate of drug-likeness (QED) is 0.727. The zero-order valence-corrected chi connectivity index (χ0v) is 14.7. The Morgan fingerprint density at radius 3 is 2.38 bits per heavy atom. The monoisotopic (exact) mass is 365 g/mol. The van der Waals surface area contributed by atoms with Crippen molar-refractivity contribution < 1.29 is 4.79 Å². The van der Waals surface area contributed by atoms with E-state index in [-0.39, 0.29) is 11.9 Å². The number of benzene rings is 1. The number of amides is 1. The van der Waals surface area contributed by atoms with Crippen molar-refractivity contribution in [3.8, 4) is 0 Å². The Morgan fingerprint density at radius 1 is 1.19 bits per heavy atom. The van der Waals surface area contributed by atoms with Crippen LogP contribution in [0.1, 0.15) is 48.0 Å². The molecule has 0 radical (unpaired) electrons. The summed E-state index contributed by atoms with van der Waals surface area (Å²) in [5, 5.41) is 5.14. The Kier molecular flexibility index (Phi) is 6.00. The van der Waals surface area contributed by atoms with E-state index in [2.05, 4.69) is 47.2 Å². The van der Waals surface area contributed by atoms with Crippen LogP contribution < -0.4 is 5.32 Å². The topological polar surface area (TPSA) is 29.1 Å². The van der Waals surface area contributed by atoms with Gasteiger partial charge >= 0.3 is 0 Å². The highest BCUT2D eigenvalue weighted by molar-refractivity contribution is 9.10. The summed E-state index contributed by atoms with van der Waals surface area (Å²) in [4.78, 5) is 13.3. The second kappa shape index (κ2) is 7.76. The number of nitrogens with one attached hydrogen (secondary N) is 1. The molecule has 112 valence electrons. The van der Waals surface area contributed by atoms with Gasteiger partial charge in [-0.15, -0.1) is 11.3 Å². The Morgan fingerprint density at radius 2 is 1.86 bits per heavy atom. The van der Waals surface area contributed by atoms with Gasteiger partial charge in [0.2, 0.25) is 0 Å². The SMILES string of the molecule is CCC(CC)C(NC(=O)c1sccc1Br)c1ccccc1. The molecule has 0 aliphatic rings. The van der Waals surface area contributed by atoms with Gasteiger partial charge in [-0.1, -0.05) is 57.0 Å². The Bertz CT molecular complexity index is 577. The first-order chi connectivity index (χ1) is 10.2. The zero-order valence-electron chi connectivity index (χ0n) is 12.3. The molecule has 0 saturated heterocycles. The molecule has 1 unspecified atom stereocenters. The van der Waals surface area contributed by atoms with Crippen molar-refractivity contribution in [2.24, 2.45) is 5.92 Å². The third kappa shape index (κ3) is 3.95. The first-order valence-electron chi connectivity index (χ1n) is 7.26. The normalized spacial score (nSPS) is 12.4. The van der Waals surface area contributed by atoms with Crippen molar-refractivity contribution in [1.82, 2.24) is 5.32 Å². The minimum atomic E-state index is -0.00220. The number of hydrogen-bond donors (Lipinski definition) is 1. The third-order valence-corrected chi connectivity index (χ3v) is 5.63. The predicted molar refractivity (Wildman–Crippen MR) is 92.7 cm³/mol. The molecule has 4 heteroatoms. The number of rotatable bonds is 6. The van der Waals surface area contributed by atoms with Crippen LogP contribution in [0.15, 0.2) is 46.3 Å². The molecule has 0 fully saturated rings. The smallest absolute Gasteiger partial charge is 0.263 e. The van der Waals surface area contributed by atoms with Gasteiger partial charge in [0.25, 0.3) is 5.91 Å². The van der Waals surface area contributed by atoms with Crippen molar-refractivity contribution in [1.29, 1.82) is 0 Å². The maximum Gasteiger partial charge on any atom is 0.263 e. The molecule has 1 aromatic heterocycles. The van der Waals surface area contributed by atoms with Crippen molar-refractivity contribution >= 4 is 33.2 Å². The molecule has 2 aromatic rings. The highest BCUT2D eigenvalue weighted by Gasteiger charge is 2.24. The van der Waals surface area contributed by atoms with E-state index in [0.29, 0.717) is 5.92 Å². The first kappa shape index (κ1) is 16.2. The third-order valence-electron chi connectivity index (χ3n) is 3.79. The largest absolute Gasteiger partial charge is 0.344 e. The molecule has 1 atom stereocenters. The second-order valence-electron chi connectivity index (χ2n) is 5.04. The maximum absolute atomic E-state index is 12.5. The molecule has 1 aromatic carbocycles. The van der Waals surface area contributed by atoms with E-state index in [1.54, 1.807) is 0 Å². The van der Waals surface area contributed by atoms with E-state index in [1.165, 1.54) is 16.9 Å². The molecular formula is C17H20BrNOS. The van der Waals surface area contributed by atoms with Crippen LogP contribution >= 0.6 is 27.3 Å². The van der Waals surface area contributed by atoms with Crippen LogP contribution in [0.2, 0.25) is 0 Å². The van der Waals surface area contributed by atoms with Crippen LogP contribution in [0.25, 0.3) is 0 Å². The number of thiophene rings is 1.